The number of amides is 1. The Bertz CT molecular complexity index is 407. The monoisotopic (exact) mass is 298 g/mol. The molecular formula is C12H15BrN2O2. The summed E-state index contributed by atoms with van der Waals surface area (Å²) >= 11 is 3.37. The summed E-state index contributed by atoms with van der Waals surface area (Å²) in [7, 11) is 0. The van der Waals surface area contributed by atoms with Gasteiger partial charge >= 0.3 is 0 Å². The number of carbonyl (C=O) groups excluding carboxylic acids is 1. The molecule has 4 nitrogen and oxygen atoms in total. The third-order valence-electron chi connectivity index (χ3n) is 2.83. The van der Waals surface area contributed by atoms with E-state index >= 15 is 0 Å². The van der Waals surface area contributed by atoms with Crippen molar-refractivity contribution in [1.82, 2.24) is 5.32 Å². The number of rotatable bonds is 2. The van der Waals surface area contributed by atoms with E-state index in [1.807, 2.05) is 31.2 Å². The topological polar surface area (TPSA) is 52.6 Å². The van der Waals surface area contributed by atoms with Crippen molar-refractivity contribution in [1.29, 1.82) is 0 Å². The molecule has 0 aromatic heterocycles. The number of benzene rings is 1. The Hall–Kier alpha value is -0.910. The molecule has 2 rings (SSSR count). The van der Waals surface area contributed by atoms with E-state index in [1.165, 1.54) is 0 Å². The molecule has 1 aromatic carbocycles. The molecule has 2 N–H and O–H groups in total. The third kappa shape index (κ3) is 2.68. The molecule has 1 heterocycles. The SMILES string of the molecule is CC1CN(c2ccc(Br)cc2)C(=O)C(CO)N1. The Labute approximate surface area is 109 Å². The first kappa shape index (κ1) is 12.5. The van der Waals surface area contributed by atoms with Crippen LogP contribution in [0.4, 0.5) is 5.69 Å². The summed E-state index contributed by atoms with van der Waals surface area (Å²) in [5.74, 6) is -0.0760. The van der Waals surface area contributed by atoms with Crippen LogP contribution in [0.2, 0.25) is 0 Å². The van der Waals surface area contributed by atoms with Gasteiger partial charge < -0.3 is 10.0 Å². The number of aliphatic hydroxyl groups is 1. The molecule has 1 aliphatic rings. The number of piperazine rings is 1. The Morgan fingerprint density at radius 2 is 2.12 bits per heavy atom. The first-order valence-electron chi connectivity index (χ1n) is 5.55. The highest BCUT2D eigenvalue weighted by Crippen LogP contribution is 2.21. The quantitative estimate of drug-likeness (QED) is 0.861. The molecule has 0 spiro atoms. The first-order chi connectivity index (χ1) is 8.11. The minimum Gasteiger partial charge on any atom is -0.394 e. The highest BCUT2D eigenvalue weighted by Gasteiger charge is 2.31. The first-order valence-corrected chi connectivity index (χ1v) is 6.35. The van der Waals surface area contributed by atoms with Crippen LogP contribution in [0.15, 0.2) is 28.7 Å². The summed E-state index contributed by atoms with van der Waals surface area (Å²) in [4.78, 5) is 13.8. The lowest BCUT2D eigenvalue weighted by molar-refractivity contribution is -0.123. The molecule has 5 heteroatoms. The lowest BCUT2D eigenvalue weighted by Crippen LogP contribution is -2.60. The van der Waals surface area contributed by atoms with Crippen LogP contribution in [0.3, 0.4) is 0 Å². The van der Waals surface area contributed by atoms with Gasteiger partial charge in [-0.25, -0.2) is 0 Å². The predicted molar refractivity (Wildman–Crippen MR) is 70.0 cm³/mol. The van der Waals surface area contributed by atoms with E-state index in [9.17, 15) is 9.90 Å². The van der Waals surface area contributed by atoms with Crippen LogP contribution in [0.1, 0.15) is 6.92 Å². The molecule has 1 amide bonds. The molecule has 1 aromatic rings. The molecular weight excluding hydrogens is 284 g/mol. The minimum atomic E-state index is -0.498. The number of aliphatic hydroxyl groups excluding tert-OH is 1. The Morgan fingerprint density at radius 1 is 1.47 bits per heavy atom. The van der Waals surface area contributed by atoms with Crippen molar-refractivity contribution in [2.75, 3.05) is 18.1 Å². The van der Waals surface area contributed by atoms with Crippen molar-refractivity contribution in [3.63, 3.8) is 0 Å². The molecule has 2 unspecified atom stereocenters. The summed E-state index contributed by atoms with van der Waals surface area (Å²) in [6.45, 7) is 2.45. The number of hydrogen-bond acceptors (Lipinski definition) is 3. The van der Waals surface area contributed by atoms with E-state index in [-0.39, 0.29) is 18.6 Å². The van der Waals surface area contributed by atoms with Gasteiger partial charge in [0.1, 0.15) is 6.04 Å². The van der Waals surface area contributed by atoms with E-state index in [0.29, 0.717) is 6.54 Å². The smallest absolute Gasteiger partial charge is 0.246 e. The maximum Gasteiger partial charge on any atom is 0.246 e. The number of nitrogens with zero attached hydrogens (tertiary/aromatic N) is 1. The van der Waals surface area contributed by atoms with Crippen LogP contribution in [0.5, 0.6) is 0 Å². The summed E-state index contributed by atoms with van der Waals surface area (Å²) < 4.78 is 0.982. The average molecular weight is 299 g/mol. The van der Waals surface area contributed by atoms with Crippen molar-refractivity contribution in [2.45, 2.75) is 19.0 Å². The van der Waals surface area contributed by atoms with E-state index < -0.39 is 6.04 Å². The average Bonchev–Trinajstić information content (AvgIpc) is 2.33. The van der Waals surface area contributed by atoms with Gasteiger partial charge in [-0.15, -0.1) is 0 Å². The van der Waals surface area contributed by atoms with Crippen molar-refractivity contribution in [3.05, 3.63) is 28.7 Å². The molecule has 1 aliphatic heterocycles. The van der Waals surface area contributed by atoms with Gasteiger partial charge in [0.05, 0.1) is 6.61 Å². The van der Waals surface area contributed by atoms with Gasteiger partial charge in [-0.1, -0.05) is 15.9 Å². The van der Waals surface area contributed by atoms with Crippen molar-refractivity contribution in [2.24, 2.45) is 0 Å². The number of hydrogen-bond donors (Lipinski definition) is 2. The van der Waals surface area contributed by atoms with Crippen LogP contribution in [0.25, 0.3) is 0 Å². The molecule has 0 bridgehead atoms. The van der Waals surface area contributed by atoms with E-state index in [4.69, 9.17) is 0 Å². The molecule has 0 saturated carbocycles. The normalized spacial score (nSPS) is 25.1. The van der Waals surface area contributed by atoms with Crippen LogP contribution >= 0.6 is 15.9 Å². The van der Waals surface area contributed by atoms with E-state index in [1.54, 1.807) is 4.90 Å². The van der Waals surface area contributed by atoms with Gasteiger partial charge in [-0.05, 0) is 31.2 Å². The second-order valence-corrected chi connectivity index (χ2v) is 5.14. The summed E-state index contributed by atoms with van der Waals surface area (Å²) in [6.07, 6.45) is 0. The van der Waals surface area contributed by atoms with Gasteiger partial charge in [0.15, 0.2) is 0 Å². The third-order valence-corrected chi connectivity index (χ3v) is 3.36. The standard InChI is InChI=1S/C12H15BrN2O2/c1-8-6-15(12(17)11(7-16)14-8)10-4-2-9(13)3-5-10/h2-5,8,11,14,16H,6-7H2,1H3. The number of carbonyl (C=O) groups is 1. The van der Waals surface area contributed by atoms with E-state index in [2.05, 4.69) is 21.2 Å². The number of anilines is 1. The fourth-order valence-corrected chi connectivity index (χ4v) is 2.27. The lowest BCUT2D eigenvalue weighted by Gasteiger charge is -2.36. The summed E-state index contributed by atoms with van der Waals surface area (Å²) in [5.41, 5.74) is 0.866. The van der Waals surface area contributed by atoms with Crippen LogP contribution in [0, 0.1) is 0 Å². The fourth-order valence-electron chi connectivity index (χ4n) is 2.00. The Kier molecular flexibility index (Phi) is 3.81. The van der Waals surface area contributed by atoms with Crippen LogP contribution in [-0.2, 0) is 4.79 Å². The van der Waals surface area contributed by atoms with Gasteiger partial charge in [-0.2, -0.15) is 0 Å². The van der Waals surface area contributed by atoms with Crippen molar-refractivity contribution >= 4 is 27.5 Å². The highest BCUT2D eigenvalue weighted by atomic mass is 79.9. The maximum atomic E-state index is 12.1. The molecule has 2 atom stereocenters. The second kappa shape index (κ2) is 5.16. The zero-order valence-corrected chi connectivity index (χ0v) is 11.1. The van der Waals surface area contributed by atoms with Crippen molar-refractivity contribution in [3.8, 4) is 0 Å². The zero-order chi connectivity index (χ0) is 12.4. The fraction of sp³-hybridized carbons (Fsp3) is 0.417. The molecule has 1 saturated heterocycles. The van der Waals surface area contributed by atoms with Gasteiger partial charge in [0, 0.05) is 22.7 Å². The number of halogens is 1. The van der Waals surface area contributed by atoms with Crippen LogP contribution in [-0.4, -0.2) is 36.2 Å². The molecule has 17 heavy (non-hydrogen) atoms. The summed E-state index contributed by atoms with van der Waals surface area (Å²) in [6, 6.07) is 7.28. The zero-order valence-electron chi connectivity index (χ0n) is 9.56. The van der Waals surface area contributed by atoms with Gasteiger partial charge in [-0.3, -0.25) is 10.1 Å². The Morgan fingerprint density at radius 3 is 2.71 bits per heavy atom. The van der Waals surface area contributed by atoms with E-state index in [0.717, 1.165) is 10.2 Å². The molecule has 0 radical (unpaired) electrons. The minimum absolute atomic E-state index is 0.0760. The maximum absolute atomic E-state index is 12.1. The van der Waals surface area contributed by atoms with Gasteiger partial charge in [0.2, 0.25) is 5.91 Å². The predicted octanol–water partition coefficient (Wildman–Crippen LogP) is 1.13. The van der Waals surface area contributed by atoms with Crippen LogP contribution < -0.4 is 10.2 Å². The summed E-state index contributed by atoms with van der Waals surface area (Å²) in [5, 5.41) is 12.2. The molecule has 0 aliphatic carbocycles. The molecule has 92 valence electrons. The highest BCUT2D eigenvalue weighted by molar-refractivity contribution is 9.10. The largest absolute Gasteiger partial charge is 0.394 e. The van der Waals surface area contributed by atoms with Crippen molar-refractivity contribution < 1.29 is 9.90 Å². The van der Waals surface area contributed by atoms with Gasteiger partial charge in [0.25, 0.3) is 0 Å². The Balaban J connectivity index is 2.24. The second-order valence-electron chi connectivity index (χ2n) is 4.23. The molecule has 1 fully saturated rings. The number of nitrogens with one attached hydrogen (secondary N) is 1. The lowest BCUT2D eigenvalue weighted by atomic mass is 10.1.